The molecule has 0 unspecified atom stereocenters. The van der Waals surface area contributed by atoms with Gasteiger partial charge in [0, 0.05) is 18.2 Å². The molecule has 5 heteroatoms. The molecule has 0 aliphatic carbocycles. The Hall–Kier alpha value is -2.95. The summed E-state index contributed by atoms with van der Waals surface area (Å²) >= 11 is 0. The van der Waals surface area contributed by atoms with Crippen LogP contribution in [-0.2, 0) is 0 Å². The molecule has 1 amide bonds. The first-order valence-corrected chi connectivity index (χ1v) is 7.09. The van der Waals surface area contributed by atoms with E-state index in [0.29, 0.717) is 11.1 Å². The van der Waals surface area contributed by atoms with E-state index in [1.54, 1.807) is 43.5 Å². The molecule has 0 saturated carbocycles. The molecule has 2 aromatic rings. The number of hydrogen-bond acceptors (Lipinski definition) is 3. The Kier molecular flexibility index (Phi) is 3.93. The van der Waals surface area contributed by atoms with E-state index in [1.807, 2.05) is 0 Å². The van der Waals surface area contributed by atoms with Crippen molar-refractivity contribution in [3.63, 3.8) is 0 Å². The zero-order valence-corrected chi connectivity index (χ0v) is 12.4. The average molecular weight is 311 g/mol. The second kappa shape index (κ2) is 6.04. The Bertz CT molecular complexity index is 810. The lowest BCUT2D eigenvalue weighted by atomic mass is 9.98. The van der Waals surface area contributed by atoms with Crippen LogP contribution in [0, 0.1) is 5.82 Å². The Morgan fingerprint density at radius 3 is 2.65 bits per heavy atom. The fourth-order valence-electron chi connectivity index (χ4n) is 2.41. The summed E-state index contributed by atoms with van der Waals surface area (Å²) in [5, 5.41) is 2.54. The Labute approximate surface area is 132 Å². The smallest absolute Gasteiger partial charge is 0.251 e. The van der Waals surface area contributed by atoms with E-state index >= 15 is 0 Å². The largest absolute Gasteiger partial charge is 0.485 e. The van der Waals surface area contributed by atoms with Crippen LogP contribution in [0.4, 0.5) is 4.39 Å². The molecule has 1 N–H and O–H groups in total. The minimum Gasteiger partial charge on any atom is -0.485 e. The van der Waals surface area contributed by atoms with Crippen molar-refractivity contribution in [3.8, 4) is 5.75 Å². The molecular formula is C18H14FNO3. The molecule has 116 valence electrons. The van der Waals surface area contributed by atoms with Crippen molar-refractivity contribution in [1.29, 1.82) is 0 Å². The number of benzene rings is 2. The third-order valence-corrected chi connectivity index (χ3v) is 3.62. The quantitative estimate of drug-likeness (QED) is 0.868. The zero-order chi connectivity index (χ0) is 16.4. The Morgan fingerprint density at radius 1 is 1.22 bits per heavy atom. The van der Waals surface area contributed by atoms with Crippen molar-refractivity contribution >= 4 is 17.8 Å². The van der Waals surface area contributed by atoms with E-state index in [-0.39, 0.29) is 29.6 Å². The van der Waals surface area contributed by atoms with Crippen molar-refractivity contribution in [1.82, 2.24) is 5.32 Å². The highest BCUT2D eigenvalue weighted by molar-refractivity contribution is 6.14. The van der Waals surface area contributed by atoms with Crippen LogP contribution >= 0.6 is 0 Å². The molecule has 1 aliphatic heterocycles. The minimum atomic E-state index is -0.537. The maximum Gasteiger partial charge on any atom is 0.251 e. The van der Waals surface area contributed by atoms with Crippen molar-refractivity contribution in [2.24, 2.45) is 0 Å². The highest BCUT2D eigenvalue weighted by atomic mass is 19.1. The Balaban J connectivity index is 1.89. The van der Waals surface area contributed by atoms with Gasteiger partial charge in [-0.1, -0.05) is 18.2 Å². The molecule has 2 aromatic carbocycles. The summed E-state index contributed by atoms with van der Waals surface area (Å²) in [6, 6.07) is 11.1. The van der Waals surface area contributed by atoms with E-state index < -0.39 is 5.82 Å². The average Bonchev–Trinajstić information content (AvgIpc) is 2.58. The van der Waals surface area contributed by atoms with Gasteiger partial charge in [0.2, 0.25) is 0 Å². The number of hydrogen-bond donors (Lipinski definition) is 1. The third kappa shape index (κ3) is 2.85. The molecule has 1 heterocycles. The molecule has 0 atom stereocenters. The first kappa shape index (κ1) is 15.0. The van der Waals surface area contributed by atoms with Crippen LogP contribution in [0.1, 0.15) is 26.3 Å². The molecular weight excluding hydrogens is 297 g/mol. The lowest BCUT2D eigenvalue weighted by Gasteiger charge is -2.19. The lowest BCUT2D eigenvalue weighted by molar-refractivity contribution is 0.0961. The van der Waals surface area contributed by atoms with Gasteiger partial charge >= 0.3 is 0 Å². The highest BCUT2D eigenvalue weighted by Gasteiger charge is 2.25. The molecule has 3 rings (SSSR count). The summed E-state index contributed by atoms with van der Waals surface area (Å²) in [5.41, 5.74) is 1.97. The van der Waals surface area contributed by atoms with Gasteiger partial charge in [-0.3, -0.25) is 9.59 Å². The minimum absolute atomic E-state index is 0.00427. The number of amides is 1. The Morgan fingerprint density at radius 2 is 1.96 bits per heavy atom. The van der Waals surface area contributed by atoms with Gasteiger partial charge in [-0.15, -0.1) is 0 Å². The summed E-state index contributed by atoms with van der Waals surface area (Å²) in [4.78, 5) is 23.9. The first-order valence-electron chi connectivity index (χ1n) is 7.09. The van der Waals surface area contributed by atoms with Crippen LogP contribution in [0.2, 0.25) is 0 Å². The maximum absolute atomic E-state index is 13.6. The molecule has 1 aliphatic rings. The van der Waals surface area contributed by atoms with Gasteiger partial charge in [-0.2, -0.15) is 0 Å². The van der Waals surface area contributed by atoms with Gasteiger partial charge in [-0.05, 0) is 35.9 Å². The molecule has 0 fully saturated rings. The van der Waals surface area contributed by atoms with Gasteiger partial charge in [0.05, 0.1) is 5.56 Å². The second-order valence-corrected chi connectivity index (χ2v) is 5.11. The molecule has 23 heavy (non-hydrogen) atoms. The number of carbonyl (C=O) groups is 2. The predicted molar refractivity (Wildman–Crippen MR) is 84.0 cm³/mol. The SMILES string of the molecule is CNC(=O)c1ccc(/C=C2/COc3c(F)cccc3C2=O)cc1. The van der Waals surface area contributed by atoms with Gasteiger partial charge in [-0.25, -0.2) is 4.39 Å². The van der Waals surface area contributed by atoms with Crippen molar-refractivity contribution in [3.05, 3.63) is 70.5 Å². The number of carbonyl (C=O) groups excluding carboxylic acids is 2. The second-order valence-electron chi connectivity index (χ2n) is 5.11. The number of nitrogens with one attached hydrogen (secondary N) is 1. The van der Waals surface area contributed by atoms with Crippen LogP contribution in [0.15, 0.2) is 48.0 Å². The number of ketones is 1. The van der Waals surface area contributed by atoms with Crippen molar-refractivity contribution < 1.29 is 18.7 Å². The molecule has 0 bridgehead atoms. The van der Waals surface area contributed by atoms with Crippen molar-refractivity contribution in [2.75, 3.05) is 13.7 Å². The topological polar surface area (TPSA) is 55.4 Å². The van der Waals surface area contributed by atoms with Crippen LogP contribution in [-0.4, -0.2) is 25.3 Å². The van der Waals surface area contributed by atoms with E-state index in [2.05, 4.69) is 5.32 Å². The lowest BCUT2D eigenvalue weighted by Crippen LogP contribution is -2.20. The summed E-state index contributed by atoms with van der Waals surface area (Å²) in [7, 11) is 1.56. The molecule has 0 spiro atoms. The monoisotopic (exact) mass is 311 g/mol. The number of rotatable bonds is 2. The van der Waals surface area contributed by atoms with Crippen LogP contribution in [0.3, 0.4) is 0 Å². The highest BCUT2D eigenvalue weighted by Crippen LogP contribution is 2.30. The van der Waals surface area contributed by atoms with E-state index in [0.717, 1.165) is 5.56 Å². The predicted octanol–water partition coefficient (Wildman–Crippen LogP) is 2.84. The van der Waals surface area contributed by atoms with Crippen LogP contribution < -0.4 is 10.1 Å². The number of fused-ring (bicyclic) bond motifs is 1. The number of para-hydroxylation sites is 1. The summed E-state index contributed by atoms with van der Waals surface area (Å²) in [5.74, 6) is -0.957. The summed E-state index contributed by atoms with van der Waals surface area (Å²) in [6.45, 7) is 0.0178. The number of halogens is 1. The molecule has 0 aromatic heterocycles. The fraction of sp³-hybridized carbons (Fsp3) is 0.111. The summed E-state index contributed by atoms with van der Waals surface area (Å²) in [6.07, 6.45) is 1.68. The molecule has 0 saturated heterocycles. The van der Waals surface area contributed by atoms with Crippen LogP contribution in [0.25, 0.3) is 6.08 Å². The fourth-order valence-corrected chi connectivity index (χ4v) is 2.41. The number of ether oxygens (including phenoxy) is 1. The van der Waals surface area contributed by atoms with Gasteiger partial charge in [0.15, 0.2) is 17.3 Å². The van der Waals surface area contributed by atoms with Crippen LogP contribution in [0.5, 0.6) is 5.75 Å². The van der Waals surface area contributed by atoms with E-state index in [9.17, 15) is 14.0 Å². The summed E-state index contributed by atoms with van der Waals surface area (Å²) < 4.78 is 19.0. The maximum atomic E-state index is 13.6. The third-order valence-electron chi connectivity index (χ3n) is 3.62. The first-order chi connectivity index (χ1) is 11.1. The van der Waals surface area contributed by atoms with E-state index in [1.165, 1.54) is 12.1 Å². The molecule has 0 radical (unpaired) electrons. The van der Waals surface area contributed by atoms with Gasteiger partial charge < -0.3 is 10.1 Å². The number of Topliss-reactive ketones (excluding diaryl/α,β-unsaturated/α-hetero) is 1. The molecule has 4 nitrogen and oxygen atoms in total. The van der Waals surface area contributed by atoms with Gasteiger partial charge in [0.1, 0.15) is 6.61 Å². The van der Waals surface area contributed by atoms with E-state index in [4.69, 9.17) is 4.74 Å². The standard InChI is InChI=1S/C18H14FNO3/c1-20-18(22)12-7-5-11(6-8-12)9-13-10-23-17-14(16(13)21)3-2-4-15(17)19/h2-9H,10H2,1H3,(H,20,22)/b13-9-. The van der Waals surface area contributed by atoms with Gasteiger partial charge in [0.25, 0.3) is 5.91 Å². The van der Waals surface area contributed by atoms with Crippen molar-refractivity contribution in [2.45, 2.75) is 0 Å². The normalized spacial score (nSPS) is 15.0. The zero-order valence-electron chi connectivity index (χ0n) is 12.4.